The Morgan fingerprint density at radius 2 is 1.81 bits per heavy atom. The Hall–Kier alpha value is -4.60. The molecule has 0 fully saturated rings. The van der Waals surface area contributed by atoms with Gasteiger partial charge in [0.05, 0.1) is 23.8 Å². The molecule has 180 valence electrons. The molecular formula is C27H20BrN3O5. The lowest BCUT2D eigenvalue weighted by molar-refractivity contribution is -0.112. The average Bonchev–Trinajstić information content (AvgIpc) is 2.88. The van der Waals surface area contributed by atoms with Gasteiger partial charge in [0.1, 0.15) is 18.2 Å². The van der Waals surface area contributed by atoms with Crippen LogP contribution < -0.4 is 14.8 Å². The number of rotatable bonds is 9. The van der Waals surface area contributed by atoms with Crippen molar-refractivity contribution in [2.24, 2.45) is 0 Å². The second-order valence-electron chi connectivity index (χ2n) is 7.32. The Labute approximate surface area is 216 Å². The Kier molecular flexibility index (Phi) is 8.82. The molecule has 0 aliphatic heterocycles. The van der Waals surface area contributed by atoms with Gasteiger partial charge in [0, 0.05) is 15.7 Å². The van der Waals surface area contributed by atoms with E-state index in [1.807, 2.05) is 19.1 Å². The third kappa shape index (κ3) is 6.50. The van der Waals surface area contributed by atoms with Crippen LogP contribution in [0.2, 0.25) is 0 Å². The third-order valence-corrected chi connectivity index (χ3v) is 5.60. The van der Waals surface area contributed by atoms with Crippen LogP contribution in [0.5, 0.6) is 11.5 Å². The SMILES string of the molecule is CCOc1cc(/C=C(/C#N)C(=O)Nc2cccc(C(=O)O)c2)c(Br)cc1OCc1ccccc1C#N. The van der Waals surface area contributed by atoms with Crippen molar-refractivity contribution in [3.63, 3.8) is 0 Å². The third-order valence-electron chi connectivity index (χ3n) is 4.92. The van der Waals surface area contributed by atoms with Gasteiger partial charge in [-0.1, -0.05) is 40.2 Å². The van der Waals surface area contributed by atoms with E-state index in [2.05, 4.69) is 27.3 Å². The molecule has 0 saturated carbocycles. The number of hydrogen-bond acceptors (Lipinski definition) is 6. The maximum atomic E-state index is 12.7. The number of carbonyl (C=O) groups excluding carboxylic acids is 1. The molecule has 0 aliphatic carbocycles. The van der Waals surface area contributed by atoms with Crippen LogP contribution in [0.1, 0.15) is 34.0 Å². The van der Waals surface area contributed by atoms with Crippen LogP contribution in [0.4, 0.5) is 5.69 Å². The number of anilines is 1. The molecule has 0 unspecified atom stereocenters. The zero-order valence-corrected chi connectivity index (χ0v) is 20.7. The number of carboxylic acid groups (broad SMARTS) is 1. The van der Waals surface area contributed by atoms with Crippen molar-refractivity contribution in [3.05, 3.63) is 93.0 Å². The molecule has 36 heavy (non-hydrogen) atoms. The number of nitrogens with one attached hydrogen (secondary N) is 1. The number of nitriles is 2. The lowest BCUT2D eigenvalue weighted by Crippen LogP contribution is -2.14. The van der Waals surface area contributed by atoms with Crippen LogP contribution in [-0.2, 0) is 11.4 Å². The van der Waals surface area contributed by atoms with Crippen LogP contribution in [-0.4, -0.2) is 23.6 Å². The summed E-state index contributed by atoms with van der Waals surface area (Å²) in [5.74, 6) is -1.01. The number of nitrogens with zero attached hydrogens (tertiary/aromatic N) is 2. The van der Waals surface area contributed by atoms with E-state index in [-0.39, 0.29) is 23.4 Å². The summed E-state index contributed by atoms with van der Waals surface area (Å²) in [5.41, 5.74) is 1.78. The van der Waals surface area contributed by atoms with Gasteiger partial charge < -0.3 is 19.9 Å². The number of halogens is 1. The molecular weight excluding hydrogens is 526 g/mol. The molecule has 8 nitrogen and oxygen atoms in total. The van der Waals surface area contributed by atoms with E-state index in [1.165, 1.54) is 30.3 Å². The average molecular weight is 546 g/mol. The maximum Gasteiger partial charge on any atom is 0.335 e. The van der Waals surface area contributed by atoms with Crippen LogP contribution in [0.15, 0.2) is 70.7 Å². The van der Waals surface area contributed by atoms with E-state index in [1.54, 1.807) is 30.3 Å². The topological polar surface area (TPSA) is 132 Å². The second-order valence-corrected chi connectivity index (χ2v) is 8.18. The molecule has 0 atom stereocenters. The van der Waals surface area contributed by atoms with E-state index in [0.29, 0.717) is 33.7 Å². The molecule has 1 amide bonds. The van der Waals surface area contributed by atoms with Crippen molar-refractivity contribution in [2.45, 2.75) is 13.5 Å². The Morgan fingerprint density at radius 3 is 2.50 bits per heavy atom. The smallest absolute Gasteiger partial charge is 0.335 e. The van der Waals surface area contributed by atoms with Gasteiger partial charge in [-0.3, -0.25) is 4.79 Å². The van der Waals surface area contributed by atoms with Crippen LogP contribution in [0.3, 0.4) is 0 Å². The number of benzene rings is 3. The number of amides is 1. The number of ether oxygens (including phenoxy) is 2. The van der Waals surface area contributed by atoms with E-state index in [9.17, 15) is 20.1 Å². The van der Waals surface area contributed by atoms with Gasteiger partial charge in [0.25, 0.3) is 5.91 Å². The minimum absolute atomic E-state index is 0.00682. The molecule has 0 bridgehead atoms. The van der Waals surface area contributed by atoms with Crippen molar-refractivity contribution < 1.29 is 24.2 Å². The first-order valence-corrected chi connectivity index (χ1v) is 11.5. The summed E-state index contributed by atoms with van der Waals surface area (Å²) in [4.78, 5) is 23.9. The fourth-order valence-electron chi connectivity index (χ4n) is 3.19. The first kappa shape index (κ1) is 26.0. The lowest BCUT2D eigenvalue weighted by Gasteiger charge is -2.15. The number of hydrogen-bond donors (Lipinski definition) is 2. The second kappa shape index (κ2) is 12.2. The Morgan fingerprint density at radius 1 is 1.06 bits per heavy atom. The van der Waals surface area contributed by atoms with Gasteiger partial charge in [0.15, 0.2) is 11.5 Å². The summed E-state index contributed by atoms with van der Waals surface area (Å²) < 4.78 is 12.2. The van der Waals surface area contributed by atoms with Crippen LogP contribution in [0.25, 0.3) is 6.08 Å². The van der Waals surface area contributed by atoms with Gasteiger partial charge in [-0.05, 0) is 55.0 Å². The van der Waals surface area contributed by atoms with Crippen LogP contribution >= 0.6 is 15.9 Å². The van der Waals surface area contributed by atoms with Gasteiger partial charge in [-0.15, -0.1) is 0 Å². The first-order chi connectivity index (χ1) is 17.4. The summed E-state index contributed by atoms with van der Waals surface area (Å²) in [5, 5.41) is 30.5. The highest BCUT2D eigenvalue weighted by Crippen LogP contribution is 2.35. The fourth-order valence-corrected chi connectivity index (χ4v) is 3.62. The molecule has 0 spiro atoms. The predicted octanol–water partition coefficient (Wildman–Crippen LogP) is 5.54. The molecule has 0 heterocycles. The van der Waals surface area contributed by atoms with Gasteiger partial charge in [-0.2, -0.15) is 10.5 Å². The minimum atomic E-state index is -1.13. The highest BCUT2D eigenvalue weighted by atomic mass is 79.9. The standard InChI is InChI=1S/C27H20BrN3O5/c1-2-35-24-12-20(23(28)13-25(24)36-16-19-7-4-3-6-18(19)14-29)10-21(15-30)26(32)31-22-9-5-8-17(11-22)27(33)34/h3-13H,2,16H2,1H3,(H,31,32)(H,33,34)/b21-10-. The number of carbonyl (C=O) groups is 2. The lowest BCUT2D eigenvalue weighted by atomic mass is 10.1. The van der Waals surface area contributed by atoms with E-state index in [4.69, 9.17) is 14.6 Å². The van der Waals surface area contributed by atoms with Gasteiger partial charge in [-0.25, -0.2) is 4.79 Å². The quantitative estimate of drug-likeness (QED) is 0.266. The number of aromatic carboxylic acids is 1. The molecule has 2 N–H and O–H groups in total. The van der Waals surface area contributed by atoms with E-state index >= 15 is 0 Å². The fraction of sp³-hybridized carbons (Fsp3) is 0.111. The van der Waals surface area contributed by atoms with Crippen molar-refractivity contribution in [1.82, 2.24) is 0 Å². The van der Waals surface area contributed by atoms with Crippen molar-refractivity contribution in [1.29, 1.82) is 10.5 Å². The molecule has 0 aliphatic rings. The largest absolute Gasteiger partial charge is 0.490 e. The molecule has 0 saturated heterocycles. The van der Waals surface area contributed by atoms with Gasteiger partial charge in [0.2, 0.25) is 0 Å². The normalized spacial score (nSPS) is 10.6. The Bertz CT molecular complexity index is 1420. The minimum Gasteiger partial charge on any atom is -0.490 e. The summed E-state index contributed by atoms with van der Waals surface area (Å²) >= 11 is 3.45. The zero-order valence-electron chi connectivity index (χ0n) is 19.1. The van der Waals surface area contributed by atoms with E-state index < -0.39 is 11.9 Å². The van der Waals surface area contributed by atoms with Crippen LogP contribution in [0, 0.1) is 22.7 Å². The van der Waals surface area contributed by atoms with Crippen molar-refractivity contribution in [2.75, 3.05) is 11.9 Å². The predicted molar refractivity (Wildman–Crippen MR) is 136 cm³/mol. The summed E-state index contributed by atoms with van der Waals surface area (Å²) in [6.07, 6.45) is 1.39. The summed E-state index contributed by atoms with van der Waals surface area (Å²) in [6.45, 7) is 2.31. The van der Waals surface area contributed by atoms with E-state index in [0.717, 1.165) is 5.56 Å². The summed E-state index contributed by atoms with van der Waals surface area (Å²) in [6, 6.07) is 20.1. The maximum absolute atomic E-state index is 12.7. The highest BCUT2D eigenvalue weighted by molar-refractivity contribution is 9.10. The molecule has 0 radical (unpaired) electrons. The monoisotopic (exact) mass is 545 g/mol. The zero-order chi connectivity index (χ0) is 26.1. The molecule has 3 rings (SSSR count). The molecule has 3 aromatic carbocycles. The first-order valence-electron chi connectivity index (χ1n) is 10.7. The van der Waals surface area contributed by atoms with Crippen molar-refractivity contribution >= 4 is 39.6 Å². The highest BCUT2D eigenvalue weighted by Gasteiger charge is 2.15. The molecule has 0 aromatic heterocycles. The number of carboxylic acids is 1. The summed E-state index contributed by atoms with van der Waals surface area (Å²) in [7, 11) is 0. The molecule has 9 heteroatoms. The van der Waals surface area contributed by atoms with Gasteiger partial charge >= 0.3 is 5.97 Å². The Balaban J connectivity index is 1.87. The van der Waals surface area contributed by atoms with Crippen molar-refractivity contribution in [3.8, 4) is 23.6 Å². The molecule has 3 aromatic rings.